The third kappa shape index (κ3) is 5.51. The van der Waals surface area contributed by atoms with Crippen LogP contribution in [0.1, 0.15) is 72.4 Å². The van der Waals surface area contributed by atoms with Crippen molar-refractivity contribution in [3.05, 3.63) is 71.1 Å². The molecule has 3 aromatic heterocycles. The number of Topliss-reactive ketones (excluding diaryl/α,β-unsaturated/α-hetero) is 1. The molecule has 0 fully saturated rings. The van der Waals surface area contributed by atoms with Crippen LogP contribution >= 0.6 is 0 Å². The number of nitrogens with zero attached hydrogens (tertiary/aromatic N) is 5. The first-order valence-corrected chi connectivity index (χ1v) is 12.3. The van der Waals surface area contributed by atoms with Gasteiger partial charge in [-0.2, -0.15) is 5.10 Å². The fourth-order valence-electron chi connectivity index (χ4n) is 4.39. The lowest BCUT2D eigenvalue weighted by atomic mass is 9.95. The zero-order valence-electron chi connectivity index (χ0n) is 20.9. The highest BCUT2D eigenvalue weighted by atomic mass is 19.3. The molecule has 9 heteroatoms. The van der Waals surface area contributed by atoms with Crippen LogP contribution in [0, 0.1) is 0 Å². The summed E-state index contributed by atoms with van der Waals surface area (Å²) in [6.45, 7) is 5.41. The van der Waals surface area contributed by atoms with Crippen LogP contribution in [-0.4, -0.2) is 43.1 Å². The van der Waals surface area contributed by atoms with Gasteiger partial charge in [0.25, 0.3) is 6.43 Å². The lowest BCUT2D eigenvalue weighted by Gasteiger charge is -2.11. The highest BCUT2D eigenvalue weighted by molar-refractivity contribution is 5.97. The van der Waals surface area contributed by atoms with Gasteiger partial charge in [0.05, 0.1) is 17.6 Å². The van der Waals surface area contributed by atoms with E-state index in [0.717, 1.165) is 41.8 Å². The van der Waals surface area contributed by atoms with Crippen molar-refractivity contribution in [1.82, 2.24) is 24.1 Å². The number of carbonyl (C=O) groups excluding carboxylic acids is 1. The topological polar surface area (TPSA) is 74.3 Å². The molecule has 0 unspecified atom stereocenters. The number of ketones is 1. The number of aromatic nitrogens is 5. The van der Waals surface area contributed by atoms with Crippen LogP contribution in [0.3, 0.4) is 0 Å². The van der Waals surface area contributed by atoms with Crippen LogP contribution < -0.4 is 0 Å². The first-order chi connectivity index (χ1) is 17.4. The minimum Gasteiger partial charge on any atom is -0.381 e. The fraction of sp³-hybridized carbons (Fsp3) is 0.407. The maximum absolute atomic E-state index is 13.5. The van der Waals surface area contributed by atoms with Gasteiger partial charge in [0.1, 0.15) is 5.69 Å². The van der Waals surface area contributed by atoms with Crippen LogP contribution in [-0.2, 0) is 24.6 Å². The molecule has 0 saturated heterocycles. The second-order valence-corrected chi connectivity index (χ2v) is 8.77. The smallest absolute Gasteiger partial charge is 0.282 e. The lowest BCUT2D eigenvalue weighted by Crippen LogP contribution is -2.07. The van der Waals surface area contributed by atoms with Crippen molar-refractivity contribution >= 4 is 11.4 Å². The molecule has 0 bridgehead atoms. The van der Waals surface area contributed by atoms with Crippen molar-refractivity contribution in [3.63, 3.8) is 0 Å². The van der Waals surface area contributed by atoms with Gasteiger partial charge in [0.2, 0.25) is 0 Å². The summed E-state index contributed by atoms with van der Waals surface area (Å²) >= 11 is 0. The average molecular weight is 496 g/mol. The van der Waals surface area contributed by atoms with E-state index in [1.807, 2.05) is 25.1 Å². The van der Waals surface area contributed by atoms with Gasteiger partial charge >= 0.3 is 0 Å². The summed E-state index contributed by atoms with van der Waals surface area (Å²) in [6.07, 6.45) is 7.20. The minimum absolute atomic E-state index is 0.128. The lowest BCUT2D eigenvalue weighted by molar-refractivity contribution is 0.0937. The molecule has 4 aromatic rings. The molecule has 0 saturated carbocycles. The number of alkyl halides is 2. The monoisotopic (exact) mass is 495 g/mol. The zero-order chi connectivity index (χ0) is 25.7. The quantitative estimate of drug-likeness (QED) is 0.189. The standard InChI is InChI=1S/C27H31F2N5O2/c1-4-12-36-13-6-7-24(35)20-9-8-18(14-19(20)5-2)15-22-27-31-16-23(34(27)11-10-30-22)21-17-33(3)32-25(21)26(28)29/h8-11,14,16-17,26H,4-7,12-13,15H2,1-3H3. The zero-order valence-corrected chi connectivity index (χ0v) is 20.9. The molecular weight excluding hydrogens is 464 g/mol. The first-order valence-electron chi connectivity index (χ1n) is 12.3. The van der Waals surface area contributed by atoms with Crippen molar-refractivity contribution in [2.75, 3.05) is 13.2 Å². The number of imidazole rings is 1. The van der Waals surface area contributed by atoms with Crippen molar-refractivity contribution in [2.45, 2.75) is 52.4 Å². The predicted molar refractivity (Wildman–Crippen MR) is 133 cm³/mol. The second kappa shape index (κ2) is 11.5. The third-order valence-electron chi connectivity index (χ3n) is 6.10. The number of halogens is 2. The highest BCUT2D eigenvalue weighted by Gasteiger charge is 2.22. The van der Waals surface area contributed by atoms with E-state index >= 15 is 0 Å². The number of fused-ring (bicyclic) bond motifs is 1. The molecule has 36 heavy (non-hydrogen) atoms. The van der Waals surface area contributed by atoms with E-state index in [0.29, 0.717) is 42.8 Å². The molecule has 0 amide bonds. The number of rotatable bonds is 12. The van der Waals surface area contributed by atoms with E-state index < -0.39 is 6.43 Å². The number of hydrogen-bond donors (Lipinski definition) is 0. The molecule has 1 aromatic carbocycles. The Morgan fingerprint density at radius 1 is 1.17 bits per heavy atom. The summed E-state index contributed by atoms with van der Waals surface area (Å²) in [7, 11) is 1.62. The van der Waals surface area contributed by atoms with Crippen LogP contribution in [0.4, 0.5) is 8.78 Å². The second-order valence-electron chi connectivity index (χ2n) is 8.77. The average Bonchev–Trinajstić information content (AvgIpc) is 3.47. The molecule has 0 aliphatic carbocycles. The number of hydrogen-bond acceptors (Lipinski definition) is 5. The molecule has 4 rings (SSSR count). The molecular formula is C27H31F2N5O2. The van der Waals surface area contributed by atoms with Gasteiger partial charge in [-0.25, -0.2) is 13.8 Å². The minimum atomic E-state index is -2.69. The molecule has 7 nitrogen and oxygen atoms in total. The van der Waals surface area contributed by atoms with E-state index in [9.17, 15) is 13.6 Å². The number of aryl methyl sites for hydroxylation is 2. The van der Waals surface area contributed by atoms with Gasteiger partial charge in [0, 0.05) is 62.8 Å². The summed E-state index contributed by atoms with van der Waals surface area (Å²) in [5, 5.41) is 3.91. The Bertz CT molecular complexity index is 1350. The normalized spacial score (nSPS) is 11.6. The van der Waals surface area contributed by atoms with Gasteiger partial charge in [-0.3, -0.25) is 18.9 Å². The summed E-state index contributed by atoms with van der Waals surface area (Å²) in [6, 6.07) is 5.89. The maximum atomic E-state index is 13.5. The Morgan fingerprint density at radius 3 is 2.75 bits per heavy atom. The van der Waals surface area contributed by atoms with E-state index in [1.165, 1.54) is 4.68 Å². The Kier molecular flexibility index (Phi) is 8.20. The molecule has 0 spiro atoms. The molecule has 3 heterocycles. The van der Waals surface area contributed by atoms with E-state index in [4.69, 9.17) is 4.74 Å². The Morgan fingerprint density at radius 2 is 2.00 bits per heavy atom. The number of ether oxygens (including phenoxy) is 1. The van der Waals surface area contributed by atoms with Gasteiger partial charge in [0.15, 0.2) is 11.4 Å². The van der Waals surface area contributed by atoms with Crippen molar-refractivity contribution in [2.24, 2.45) is 7.05 Å². The molecule has 0 aliphatic rings. The largest absolute Gasteiger partial charge is 0.381 e. The van der Waals surface area contributed by atoms with Crippen molar-refractivity contribution in [3.8, 4) is 11.3 Å². The molecule has 0 atom stereocenters. The van der Waals surface area contributed by atoms with Gasteiger partial charge < -0.3 is 4.74 Å². The molecule has 0 N–H and O–H groups in total. The Balaban J connectivity index is 1.56. The molecule has 0 radical (unpaired) electrons. The fourth-order valence-corrected chi connectivity index (χ4v) is 4.39. The van der Waals surface area contributed by atoms with Gasteiger partial charge in [-0.05, 0) is 30.4 Å². The summed E-state index contributed by atoms with van der Waals surface area (Å²) in [4.78, 5) is 21.8. The predicted octanol–water partition coefficient (Wildman–Crippen LogP) is 5.61. The Hall–Kier alpha value is -3.46. The number of benzene rings is 1. The maximum Gasteiger partial charge on any atom is 0.282 e. The van der Waals surface area contributed by atoms with Crippen molar-refractivity contribution in [1.29, 1.82) is 0 Å². The molecule has 0 aliphatic heterocycles. The van der Waals surface area contributed by atoms with Crippen LogP contribution in [0.2, 0.25) is 0 Å². The number of carbonyl (C=O) groups is 1. The van der Waals surface area contributed by atoms with E-state index in [1.54, 1.807) is 36.2 Å². The third-order valence-corrected chi connectivity index (χ3v) is 6.10. The SMILES string of the molecule is CCCOCCCC(=O)c1ccc(Cc2nccn3c(-c4cn(C)nc4C(F)F)cnc23)cc1CC. The summed E-state index contributed by atoms with van der Waals surface area (Å²) in [5.74, 6) is 0.128. The first kappa shape index (κ1) is 25.6. The van der Waals surface area contributed by atoms with Gasteiger partial charge in [-0.1, -0.05) is 32.0 Å². The van der Waals surface area contributed by atoms with E-state index in [-0.39, 0.29) is 11.5 Å². The highest BCUT2D eigenvalue weighted by Crippen LogP contribution is 2.31. The summed E-state index contributed by atoms with van der Waals surface area (Å²) in [5.41, 5.74) is 4.68. The van der Waals surface area contributed by atoms with Gasteiger partial charge in [-0.15, -0.1) is 0 Å². The van der Waals surface area contributed by atoms with Crippen LogP contribution in [0.5, 0.6) is 0 Å². The van der Waals surface area contributed by atoms with E-state index in [2.05, 4.69) is 22.0 Å². The summed E-state index contributed by atoms with van der Waals surface area (Å²) < 4.78 is 35.7. The van der Waals surface area contributed by atoms with Crippen LogP contribution in [0.25, 0.3) is 16.9 Å². The Labute approximate surface area is 209 Å². The van der Waals surface area contributed by atoms with Crippen molar-refractivity contribution < 1.29 is 18.3 Å². The molecule has 190 valence electrons. The van der Waals surface area contributed by atoms with Crippen LogP contribution in [0.15, 0.2) is 43.0 Å².